The van der Waals surface area contributed by atoms with Gasteiger partial charge in [0.1, 0.15) is 0 Å². The standard InChI is InChI=1S/C11H24N2S/c1-9-7-13(8-10(9)2)11(6-12)4-5-14-3/h9-11H,4-8,12H2,1-3H3. The highest BCUT2D eigenvalue weighted by Gasteiger charge is 2.29. The second kappa shape index (κ2) is 5.99. The van der Waals surface area contributed by atoms with Crippen molar-refractivity contribution in [2.45, 2.75) is 26.3 Å². The van der Waals surface area contributed by atoms with Gasteiger partial charge in [-0.3, -0.25) is 4.90 Å². The third-order valence-corrected chi connectivity index (χ3v) is 4.10. The maximum Gasteiger partial charge on any atom is 0.0226 e. The van der Waals surface area contributed by atoms with Crippen molar-refractivity contribution in [3.63, 3.8) is 0 Å². The van der Waals surface area contributed by atoms with E-state index in [1.807, 2.05) is 11.8 Å². The van der Waals surface area contributed by atoms with Crippen LogP contribution in [0.4, 0.5) is 0 Å². The van der Waals surface area contributed by atoms with E-state index in [1.54, 1.807) is 0 Å². The van der Waals surface area contributed by atoms with Gasteiger partial charge in [0, 0.05) is 25.7 Å². The van der Waals surface area contributed by atoms with E-state index in [9.17, 15) is 0 Å². The molecule has 3 heteroatoms. The third kappa shape index (κ3) is 3.14. The fraction of sp³-hybridized carbons (Fsp3) is 1.00. The monoisotopic (exact) mass is 216 g/mol. The second-order valence-corrected chi connectivity index (χ2v) is 5.57. The number of nitrogens with two attached hydrogens (primary N) is 1. The van der Waals surface area contributed by atoms with Crippen LogP contribution in [0.25, 0.3) is 0 Å². The van der Waals surface area contributed by atoms with E-state index < -0.39 is 0 Å². The molecule has 2 N–H and O–H groups in total. The van der Waals surface area contributed by atoms with Crippen LogP contribution in [0, 0.1) is 11.8 Å². The Balaban J connectivity index is 2.37. The predicted molar refractivity (Wildman–Crippen MR) is 65.7 cm³/mol. The Morgan fingerprint density at radius 2 is 1.93 bits per heavy atom. The Hall–Kier alpha value is 0.270. The van der Waals surface area contributed by atoms with Crippen LogP contribution in [0.15, 0.2) is 0 Å². The van der Waals surface area contributed by atoms with Gasteiger partial charge in [0.05, 0.1) is 0 Å². The Kier molecular flexibility index (Phi) is 5.28. The number of rotatable bonds is 5. The van der Waals surface area contributed by atoms with Gasteiger partial charge in [0.15, 0.2) is 0 Å². The van der Waals surface area contributed by atoms with E-state index in [0.29, 0.717) is 6.04 Å². The summed E-state index contributed by atoms with van der Waals surface area (Å²) in [4.78, 5) is 2.59. The smallest absolute Gasteiger partial charge is 0.0226 e. The number of nitrogens with zero attached hydrogens (tertiary/aromatic N) is 1. The van der Waals surface area contributed by atoms with Crippen LogP contribution < -0.4 is 5.73 Å². The van der Waals surface area contributed by atoms with Crippen molar-refractivity contribution in [3.8, 4) is 0 Å². The molecule has 1 fully saturated rings. The first-order chi connectivity index (χ1) is 6.69. The molecule has 14 heavy (non-hydrogen) atoms. The molecule has 0 aliphatic carbocycles. The Morgan fingerprint density at radius 1 is 1.36 bits per heavy atom. The third-order valence-electron chi connectivity index (χ3n) is 3.46. The van der Waals surface area contributed by atoms with Crippen molar-refractivity contribution in [1.82, 2.24) is 4.90 Å². The minimum atomic E-state index is 0.620. The van der Waals surface area contributed by atoms with E-state index in [2.05, 4.69) is 25.0 Å². The summed E-state index contributed by atoms with van der Waals surface area (Å²) in [7, 11) is 0. The quantitative estimate of drug-likeness (QED) is 0.758. The SMILES string of the molecule is CSCCC(CN)N1CC(C)C(C)C1. The summed E-state index contributed by atoms with van der Waals surface area (Å²) in [5.41, 5.74) is 5.83. The molecule has 3 unspecified atom stereocenters. The van der Waals surface area contributed by atoms with E-state index in [0.717, 1.165) is 18.4 Å². The van der Waals surface area contributed by atoms with E-state index >= 15 is 0 Å². The van der Waals surface area contributed by atoms with Crippen LogP contribution in [0.2, 0.25) is 0 Å². The number of thioether (sulfide) groups is 1. The molecule has 1 aliphatic rings. The number of hydrogen-bond donors (Lipinski definition) is 1. The molecular weight excluding hydrogens is 192 g/mol. The normalized spacial score (nSPS) is 30.9. The maximum absolute atomic E-state index is 5.83. The van der Waals surface area contributed by atoms with E-state index in [4.69, 9.17) is 5.73 Å². The first-order valence-corrected chi connectivity index (χ1v) is 7.01. The van der Waals surface area contributed by atoms with Crippen LogP contribution in [0.5, 0.6) is 0 Å². The molecule has 0 saturated carbocycles. The van der Waals surface area contributed by atoms with Gasteiger partial charge in [0.25, 0.3) is 0 Å². The second-order valence-electron chi connectivity index (χ2n) is 4.58. The van der Waals surface area contributed by atoms with Crippen LogP contribution >= 0.6 is 11.8 Å². The molecular formula is C11H24N2S. The summed E-state index contributed by atoms with van der Waals surface area (Å²) in [6.45, 7) is 8.02. The lowest BCUT2D eigenvalue weighted by molar-refractivity contribution is 0.232. The molecule has 1 aliphatic heterocycles. The highest BCUT2D eigenvalue weighted by atomic mass is 32.2. The summed E-state index contributed by atoms with van der Waals surface area (Å²) in [5.74, 6) is 2.93. The molecule has 1 saturated heterocycles. The summed E-state index contributed by atoms with van der Waals surface area (Å²) in [5, 5.41) is 0. The van der Waals surface area contributed by atoms with Crippen LogP contribution in [0.1, 0.15) is 20.3 Å². The van der Waals surface area contributed by atoms with Crippen LogP contribution in [-0.4, -0.2) is 42.6 Å². The zero-order chi connectivity index (χ0) is 10.6. The van der Waals surface area contributed by atoms with Crippen molar-refractivity contribution in [2.24, 2.45) is 17.6 Å². The zero-order valence-electron chi connectivity index (χ0n) is 9.70. The zero-order valence-corrected chi connectivity index (χ0v) is 10.5. The fourth-order valence-electron chi connectivity index (χ4n) is 2.18. The molecule has 1 rings (SSSR count). The summed E-state index contributed by atoms with van der Waals surface area (Å²) < 4.78 is 0. The number of hydrogen-bond acceptors (Lipinski definition) is 3. The molecule has 0 radical (unpaired) electrons. The predicted octanol–water partition coefficient (Wildman–Crippen LogP) is 1.65. The molecule has 1 heterocycles. The molecule has 0 aromatic carbocycles. The Labute approximate surface area is 92.6 Å². The first kappa shape index (κ1) is 12.3. The van der Waals surface area contributed by atoms with Crippen molar-refractivity contribution in [1.29, 1.82) is 0 Å². The van der Waals surface area contributed by atoms with Crippen molar-refractivity contribution < 1.29 is 0 Å². The summed E-state index contributed by atoms with van der Waals surface area (Å²) in [6, 6.07) is 0.620. The minimum absolute atomic E-state index is 0.620. The summed E-state index contributed by atoms with van der Waals surface area (Å²) in [6.07, 6.45) is 3.42. The van der Waals surface area contributed by atoms with Crippen LogP contribution in [0.3, 0.4) is 0 Å². The van der Waals surface area contributed by atoms with Crippen molar-refractivity contribution >= 4 is 11.8 Å². The highest BCUT2D eigenvalue weighted by Crippen LogP contribution is 2.24. The van der Waals surface area contributed by atoms with Crippen molar-refractivity contribution in [2.75, 3.05) is 31.6 Å². The Morgan fingerprint density at radius 3 is 2.36 bits per heavy atom. The molecule has 0 aromatic rings. The van der Waals surface area contributed by atoms with Gasteiger partial charge in [-0.1, -0.05) is 13.8 Å². The first-order valence-electron chi connectivity index (χ1n) is 5.62. The molecule has 2 nitrogen and oxygen atoms in total. The summed E-state index contributed by atoms with van der Waals surface area (Å²) >= 11 is 1.92. The lowest BCUT2D eigenvalue weighted by atomic mass is 10.0. The van der Waals surface area contributed by atoms with Crippen molar-refractivity contribution in [3.05, 3.63) is 0 Å². The van der Waals surface area contributed by atoms with Gasteiger partial charge in [-0.25, -0.2) is 0 Å². The van der Waals surface area contributed by atoms with Gasteiger partial charge in [0.2, 0.25) is 0 Å². The molecule has 0 aromatic heterocycles. The molecule has 3 atom stereocenters. The average Bonchev–Trinajstić information content (AvgIpc) is 2.48. The minimum Gasteiger partial charge on any atom is -0.329 e. The van der Waals surface area contributed by atoms with Gasteiger partial charge >= 0.3 is 0 Å². The van der Waals surface area contributed by atoms with E-state index in [-0.39, 0.29) is 0 Å². The number of likely N-dealkylation sites (tertiary alicyclic amines) is 1. The van der Waals surface area contributed by atoms with E-state index in [1.165, 1.54) is 25.3 Å². The lowest BCUT2D eigenvalue weighted by Gasteiger charge is -2.26. The highest BCUT2D eigenvalue weighted by molar-refractivity contribution is 7.98. The molecule has 84 valence electrons. The van der Waals surface area contributed by atoms with Gasteiger partial charge < -0.3 is 5.73 Å². The Bertz CT molecular complexity index is 153. The average molecular weight is 216 g/mol. The molecule has 0 amide bonds. The topological polar surface area (TPSA) is 29.3 Å². The lowest BCUT2D eigenvalue weighted by Crippen LogP contribution is -2.39. The fourth-order valence-corrected chi connectivity index (χ4v) is 2.68. The van der Waals surface area contributed by atoms with Crippen LogP contribution in [-0.2, 0) is 0 Å². The molecule has 0 bridgehead atoms. The largest absolute Gasteiger partial charge is 0.329 e. The van der Waals surface area contributed by atoms with Gasteiger partial charge in [-0.2, -0.15) is 11.8 Å². The van der Waals surface area contributed by atoms with Gasteiger partial charge in [-0.05, 0) is 30.3 Å². The maximum atomic E-state index is 5.83. The molecule has 0 spiro atoms. The van der Waals surface area contributed by atoms with Gasteiger partial charge in [-0.15, -0.1) is 0 Å².